The van der Waals surface area contributed by atoms with Gasteiger partial charge in [-0.2, -0.15) is 0 Å². The Kier molecular flexibility index (Phi) is 6.09. The number of nitrogens with zero attached hydrogens (tertiary/aromatic N) is 3. The van der Waals surface area contributed by atoms with Crippen molar-refractivity contribution in [3.05, 3.63) is 59.3 Å². The Bertz CT molecular complexity index is 1200. The van der Waals surface area contributed by atoms with Crippen molar-refractivity contribution in [1.29, 1.82) is 0 Å². The third kappa shape index (κ3) is 4.06. The van der Waals surface area contributed by atoms with E-state index in [9.17, 15) is 12.8 Å². The number of fused-ring (bicyclic) bond motifs is 1. The summed E-state index contributed by atoms with van der Waals surface area (Å²) in [5.74, 6) is -0.298. The van der Waals surface area contributed by atoms with Gasteiger partial charge in [0.05, 0.1) is 18.6 Å². The second-order valence-electron chi connectivity index (χ2n) is 6.84. The molecule has 0 atom stereocenters. The number of pyridine rings is 1. The van der Waals surface area contributed by atoms with Gasteiger partial charge in [-0.1, -0.05) is 17.7 Å². The maximum Gasteiger partial charge on any atom is 0.244 e. The molecule has 0 spiro atoms. The monoisotopic (exact) mass is 437 g/mol. The van der Waals surface area contributed by atoms with E-state index in [2.05, 4.69) is 10.7 Å². The molecule has 0 unspecified atom stereocenters. The number of halogens is 2. The van der Waals surface area contributed by atoms with E-state index in [-0.39, 0.29) is 17.3 Å². The predicted molar refractivity (Wildman–Crippen MR) is 113 cm³/mol. The third-order valence-corrected chi connectivity index (χ3v) is 6.76. The van der Waals surface area contributed by atoms with E-state index in [1.807, 2.05) is 17.6 Å². The van der Waals surface area contributed by atoms with Crippen molar-refractivity contribution in [2.24, 2.45) is 0 Å². The van der Waals surface area contributed by atoms with Crippen molar-refractivity contribution in [1.82, 2.24) is 13.9 Å². The fourth-order valence-corrected chi connectivity index (χ4v) is 4.36. The summed E-state index contributed by atoms with van der Waals surface area (Å²) in [5.41, 5.74) is 6.63. The normalized spacial score (nSPS) is 12.9. The number of benzene rings is 1. The van der Waals surface area contributed by atoms with Crippen LogP contribution in [-0.2, 0) is 16.6 Å². The molecule has 3 aromatic rings. The van der Waals surface area contributed by atoms with Crippen molar-refractivity contribution >= 4 is 32.5 Å². The summed E-state index contributed by atoms with van der Waals surface area (Å²) < 4.78 is 42.3. The molecule has 154 valence electrons. The van der Waals surface area contributed by atoms with Gasteiger partial charge in [0.2, 0.25) is 10.0 Å². The molecule has 3 N–H and O–H groups in total. The minimum Gasteiger partial charge on any atom is -0.354 e. The molecule has 3 rings (SSSR count). The van der Waals surface area contributed by atoms with E-state index >= 15 is 0 Å². The highest BCUT2D eigenvalue weighted by molar-refractivity contribution is 7.89. The SMILES string of the molecule is Cc1c(-c2cncc(S(=O)(=O)N(C)C)c2)c2ccc(Cl)cc2n1C/C(F)=C/C[NH3+]. The van der Waals surface area contributed by atoms with Crippen LogP contribution in [0.1, 0.15) is 5.69 Å². The van der Waals surface area contributed by atoms with Crippen molar-refractivity contribution in [2.75, 3.05) is 20.6 Å². The minimum absolute atomic E-state index is 0.0430. The van der Waals surface area contributed by atoms with Crippen LogP contribution < -0.4 is 5.73 Å². The minimum atomic E-state index is -3.63. The van der Waals surface area contributed by atoms with Crippen molar-refractivity contribution < 1.29 is 18.5 Å². The first kappa shape index (κ1) is 21.4. The summed E-state index contributed by atoms with van der Waals surface area (Å²) in [5, 5.41) is 1.38. The molecule has 0 bridgehead atoms. The van der Waals surface area contributed by atoms with Crippen LogP contribution in [0.15, 0.2) is 53.5 Å². The number of hydrogen-bond acceptors (Lipinski definition) is 3. The zero-order valence-corrected chi connectivity index (χ0v) is 18.1. The highest BCUT2D eigenvalue weighted by Crippen LogP contribution is 2.37. The predicted octanol–water partition coefficient (Wildman–Crippen LogP) is 3.01. The van der Waals surface area contributed by atoms with E-state index in [1.54, 1.807) is 24.4 Å². The first-order valence-electron chi connectivity index (χ1n) is 8.97. The van der Waals surface area contributed by atoms with Gasteiger partial charge in [-0.15, -0.1) is 0 Å². The lowest BCUT2D eigenvalue weighted by Crippen LogP contribution is -2.49. The number of sulfonamides is 1. The quantitative estimate of drug-likeness (QED) is 0.643. The summed E-state index contributed by atoms with van der Waals surface area (Å²) in [6.45, 7) is 2.27. The van der Waals surface area contributed by atoms with Crippen LogP contribution >= 0.6 is 11.6 Å². The van der Waals surface area contributed by atoms with Crippen LogP contribution in [0.2, 0.25) is 5.02 Å². The van der Waals surface area contributed by atoms with E-state index in [0.29, 0.717) is 17.1 Å². The number of allylic oxidation sites excluding steroid dienone is 1. The van der Waals surface area contributed by atoms with Gasteiger partial charge >= 0.3 is 0 Å². The largest absolute Gasteiger partial charge is 0.354 e. The van der Waals surface area contributed by atoms with Gasteiger partial charge in [0, 0.05) is 59.8 Å². The summed E-state index contributed by atoms with van der Waals surface area (Å²) >= 11 is 6.19. The molecule has 9 heteroatoms. The van der Waals surface area contributed by atoms with Gasteiger partial charge in [-0.05, 0) is 25.1 Å². The highest BCUT2D eigenvalue weighted by Gasteiger charge is 2.21. The van der Waals surface area contributed by atoms with Crippen LogP contribution in [-0.4, -0.2) is 42.9 Å². The second-order valence-corrected chi connectivity index (χ2v) is 9.43. The summed E-state index contributed by atoms with van der Waals surface area (Å²) in [4.78, 5) is 4.23. The van der Waals surface area contributed by atoms with Gasteiger partial charge in [-0.3, -0.25) is 4.98 Å². The molecule has 0 aliphatic heterocycles. The topological polar surface area (TPSA) is 82.8 Å². The molecule has 0 amide bonds. The van der Waals surface area contributed by atoms with Gasteiger partial charge in [0.15, 0.2) is 0 Å². The fraction of sp³-hybridized carbons (Fsp3) is 0.250. The number of rotatable bonds is 6. The van der Waals surface area contributed by atoms with E-state index in [1.165, 1.54) is 26.4 Å². The Balaban J connectivity index is 2.26. The molecule has 29 heavy (non-hydrogen) atoms. The van der Waals surface area contributed by atoms with E-state index < -0.39 is 10.0 Å². The molecule has 0 aliphatic carbocycles. The van der Waals surface area contributed by atoms with Crippen molar-refractivity contribution in [3.8, 4) is 11.1 Å². The maximum absolute atomic E-state index is 14.3. The Morgan fingerprint density at radius 2 is 2.03 bits per heavy atom. The molecule has 0 aliphatic rings. The molecule has 0 fully saturated rings. The number of hydrogen-bond donors (Lipinski definition) is 1. The Hall–Kier alpha value is -2.26. The lowest BCUT2D eigenvalue weighted by molar-refractivity contribution is -0.353. The zero-order valence-electron chi connectivity index (χ0n) is 16.5. The van der Waals surface area contributed by atoms with Gasteiger partial charge < -0.3 is 10.3 Å². The van der Waals surface area contributed by atoms with Crippen molar-refractivity contribution in [2.45, 2.75) is 18.4 Å². The highest BCUT2D eigenvalue weighted by atomic mass is 35.5. The smallest absolute Gasteiger partial charge is 0.244 e. The van der Waals surface area contributed by atoms with E-state index in [0.717, 1.165) is 26.5 Å². The lowest BCUT2D eigenvalue weighted by Gasteiger charge is -2.12. The molecular formula is C20H23ClFN4O2S+. The van der Waals surface area contributed by atoms with Gasteiger partial charge in [-0.25, -0.2) is 17.1 Å². The second kappa shape index (κ2) is 8.23. The molecule has 2 aromatic heterocycles. The molecule has 6 nitrogen and oxygen atoms in total. The zero-order chi connectivity index (χ0) is 21.3. The molecule has 1 aromatic carbocycles. The number of quaternary nitrogens is 1. The summed E-state index contributed by atoms with van der Waals surface area (Å²) in [6.07, 6.45) is 4.36. The summed E-state index contributed by atoms with van der Waals surface area (Å²) in [7, 11) is -0.691. The van der Waals surface area contributed by atoms with Crippen LogP contribution in [0.4, 0.5) is 4.39 Å². The molecule has 0 radical (unpaired) electrons. The standard InChI is InChI=1S/C20H22ClFN4O2S/c1-13-20(14-8-17(11-24-10-14)29(27,28)25(2)3)18-5-4-15(21)9-19(18)26(13)12-16(22)6-7-23/h4-6,8-11H,7,12,23H2,1-3H3/p+1/b16-6-. The Labute approximate surface area is 174 Å². The first-order valence-corrected chi connectivity index (χ1v) is 10.8. The van der Waals surface area contributed by atoms with Gasteiger partial charge in [0.1, 0.15) is 10.7 Å². The van der Waals surface area contributed by atoms with Gasteiger partial charge in [0.25, 0.3) is 0 Å². The Morgan fingerprint density at radius 1 is 1.31 bits per heavy atom. The maximum atomic E-state index is 14.3. The number of aromatic nitrogens is 2. The third-order valence-electron chi connectivity index (χ3n) is 4.74. The van der Waals surface area contributed by atoms with Crippen LogP contribution in [0.5, 0.6) is 0 Å². The van der Waals surface area contributed by atoms with Crippen molar-refractivity contribution in [3.63, 3.8) is 0 Å². The molecular weight excluding hydrogens is 415 g/mol. The summed E-state index contributed by atoms with van der Waals surface area (Å²) in [6, 6.07) is 6.98. The average molecular weight is 438 g/mol. The van der Waals surface area contributed by atoms with Crippen LogP contribution in [0, 0.1) is 6.92 Å². The van der Waals surface area contributed by atoms with Crippen LogP contribution in [0.3, 0.4) is 0 Å². The molecule has 0 saturated heterocycles. The Morgan fingerprint density at radius 3 is 2.69 bits per heavy atom. The van der Waals surface area contributed by atoms with Crippen LogP contribution in [0.25, 0.3) is 22.0 Å². The average Bonchev–Trinajstić information content (AvgIpc) is 2.93. The fourth-order valence-electron chi connectivity index (χ4n) is 3.30. The molecule has 2 heterocycles. The lowest BCUT2D eigenvalue weighted by atomic mass is 10.0. The van der Waals surface area contributed by atoms with E-state index in [4.69, 9.17) is 11.6 Å². The first-order chi connectivity index (χ1) is 13.7. The molecule has 0 saturated carbocycles.